The maximum Gasteiger partial charge on any atom is 0.277 e. The van der Waals surface area contributed by atoms with Crippen LogP contribution >= 0.6 is 23.4 Å². The van der Waals surface area contributed by atoms with E-state index in [-0.39, 0.29) is 17.6 Å². The number of anilines is 1. The van der Waals surface area contributed by atoms with Gasteiger partial charge in [0.25, 0.3) is 5.22 Å². The molecule has 0 saturated heterocycles. The van der Waals surface area contributed by atoms with E-state index in [1.807, 2.05) is 44.2 Å². The van der Waals surface area contributed by atoms with Gasteiger partial charge in [-0.2, -0.15) is 0 Å². The molecule has 28 heavy (non-hydrogen) atoms. The third-order valence-electron chi connectivity index (χ3n) is 4.32. The van der Waals surface area contributed by atoms with Crippen molar-refractivity contribution in [1.82, 2.24) is 10.2 Å². The number of halogens is 1. The lowest BCUT2D eigenvalue weighted by molar-refractivity contribution is -0.113. The summed E-state index contributed by atoms with van der Waals surface area (Å²) >= 11 is 7.45. The van der Waals surface area contributed by atoms with Gasteiger partial charge in [-0.1, -0.05) is 66.7 Å². The predicted octanol–water partition coefficient (Wildman–Crippen LogP) is 5.42. The van der Waals surface area contributed by atoms with Crippen LogP contribution in [-0.2, 0) is 11.2 Å². The largest absolute Gasteiger partial charge is 0.416 e. The minimum absolute atomic E-state index is 0.166. The van der Waals surface area contributed by atoms with Crippen molar-refractivity contribution in [2.24, 2.45) is 0 Å². The van der Waals surface area contributed by atoms with Gasteiger partial charge in [0.15, 0.2) is 0 Å². The Kier molecular flexibility index (Phi) is 6.75. The van der Waals surface area contributed by atoms with Crippen LogP contribution in [-0.4, -0.2) is 21.9 Å². The normalized spacial score (nSPS) is 12.0. The number of carbonyl (C=O) groups excluding carboxylic acids is 1. The summed E-state index contributed by atoms with van der Waals surface area (Å²) in [4.78, 5) is 12.3. The van der Waals surface area contributed by atoms with E-state index in [1.165, 1.54) is 17.3 Å². The summed E-state index contributed by atoms with van der Waals surface area (Å²) in [6.45, 7) is 6.00. The molecule has 0 aliphatic heterocycles. The average molecular weight is 416 g/mol. The first kappa shape index (κ1) is 20.4. The Morgan fingerprint density at radius 3 is 2.68 bits per heavy atom. The zero-order valence-corrected chi connectivity index (χ0v) is 17.6. The van der Waals surface area contributed by atoms with Crippen molar-refractivity contribution in [3.8, 4) is 0 Å². The molecule has 1 N–H and O–H groups in total. The highest BCUT2D eigenvalue weighted by molar-refractivity contribution is 7.99. The molecule has 1 heterocycles. The lowest BCUT2D eigenvalue weighted by Gasteiger charge is -2.11. The summed E-state index contributed by atoms with van der Waals surface area (Å²) in [7, 11) is 0. The number of thioether (sulfide) groups is 1. The number of rotatable bonds is 7. The third-order valence-corrected chi connectivity index (χ3v) is 5.44. The minimum atomic E-state index is -0.170. The highest BCUT2D eigenvalue weighted by atomic mass is 35.5. The fourth-order valence-corrected chi connectivity index (χ4v) is 3.87. The quantitative estimate of drug-likeness (QED) is 0.522. The van der Waals surface area contributed by atoms with Gasteiger partial charge in [-0.15, -0.1) is 10.2 Å². The maximum absolute atomic E-state index is 12.3. The van der Waals surface area contributed by atoms with Crippen molar-refractivity contribution in [2.75, 3.05) is 11.1 Å². The summed E-state index contributed by atoms with van der Waals surface area (Å²) in [6, 6.07) is 14.0. The van der Waals surface area contributed by atoms with Crippen molar-refractivity contribution in [3.63, 3.8) is 0 Å². The first-order valence-corrected chi connectivity index (χ1v) is 10.4. The van der Waals surface area contributed by atoms with Crippen LogP contribution in [0.2, 0.25) is 5.02 Å². The van der Waals surface area contributed by atoms with Gasteiger partial charge in [0.1, 0.15) is 0 Å². The van der Waals surface area contributed by atoms with Gasteiger partial charge in [0, 0.05) is 6.42 Å². The Balaban J connectivity index is 1.54. The van der Waals surface area contributed by atoms with Crippen LogP contribution in [0.1, 0.15) is 35.4 Å². The Morgan fingerprint density at radius 1 is 1.21 bits per heavy atom. The molecule has 2 aromatic carbocycles. The molecule has 0 radical (unpaired) electrons. The van der Waals surface area contributed by atoms with Gasteiger partial charge in [-0.05, 0) is 42.5 Å². The molecule has 3 aromatic rings. The second-order valence-corrected chi connectivity index (χ2v) is 8.09. The van der Waals surface area contributed by atoms with Crippen LogP contribution in [0.15, 0.2) is 52.1 Å². The van der Waals surface area contributed by atoms with Gasteiger partial charge in [-0.3, -0.25) is 4.79 Å². The number of amides is 1. The van der Waals surface area contributed by atoms with Crippen LogP contribution < -0.4 is 5.32 Å². The summed E-state index contributed by atoms with van der Waals surface area (Å²) in [6.07, 6.45) is 0.655. The number of aryl methyl sites for hydroxylation is 2. The molecular weight excluding hydrogens is 394 g/mol. The topological polar surface area (TPSA) is 68.0 Å². The molecule has 1 unspecified atom stereocenters. The van der Waals surface area contributed by atoms with Crippen LogP contribution in [0.5, 0.6) is 0 Å². The van der Waals surface area contributed by atoms with Crippen LogP contribution in [0.4, 0.5) is 5.69 Å². The zero-order valence-electron chi connectivity index (χ0n) is 16.0. The molecule has 7 heteroatoms. The number of nitrogens with zero attached hydrogens (tertiary/aromatic N) is 2. The number of hydrogen-bond donors (Lipinski definition) is 1. The maximum atomic E-state index is 12.3. The number of nitrogens with one attached hydrogen (secondary N) is 1. The second-order valence-electron chi connectivity index (χ2n) is 6.75. The minimum Gasteiger partial charge on any atom is -0.416 e. The van der Waals surface area contributed by atoms with Crippen LogP contribution in [0, 0.1) is 13.8 Å². The monoisotopic (exact) mass is 415 g/mol. The van der Waals surface area contributed by atoms with Crippen molar-refractivity contribution in [3.05, 3.63) is 70.1 Å². The van der Waals surface area contributed by atoms with Gasteiger partial charge in [0.05, 0.1) is 16.5 Å². The molecule has 1 amide bonds. The number of aromatic nitrogens is 2. The zero-order chi connectivity index (χ0) is 20.1. The fourth-order valence-electron chi connectivity index (χ4n) is 2.92. The summed E-state index contributed by atoms with van der Waals surface area (Å²) in [5, 5.41) is 11.9. The van der Waals surface area contributed by atoms with E-state index in [2.05, 4.69) is 34.6 Å². The molecule has 146 valence electrons. The summed E-state index contributed by atoms with van der Waals surface area (Å²) in [5.74, 6) is 0.835. The Hall–Kier alpha value is -2.31. The molecule has 0 spiro atoms. The number of carbonyl (C=O) groups is 1. The van der Waals surface area contributed by atoms with Crippen molar-refractivity contribution >= 4 is 35.0 Å². The van der Waals surface area contributed by atoms with Crippen LogP contribution in [0.3, 0.4) is 0 Å². The Labute approximate surface area is 173 Å². The summed E-state index contributed by atoms with van der Waals surface area (Å²) < 4.78 is 5.67. The molecule has 0 saturated carbocycles. The van der Waals surface area contributed by atoms with E-state index in [1.54, 1.807) is 0 Å². The average Bonchev–Trinajstić information content (AvgIpc) is 3.11. The lowest BCUT2D eigenvalue weighted by Crippen LogP contribution is -2.15. The van der Waals surface area contributed by atoms with Gasteiger partial charge in [-0.25, -0.2) is 0 Å². The van der Waals surface area contributed by atoms with E-state index >= 15 is 0 Å². The Morgan fingerprint density at radius 2 is 1.96 bits per heavy atom. The van der Waals surface area contributed by atoms with Crippen molar-refractivity contribution in [2.45, 2.75) is 38.3 Å². The smallest absolute Gasteiger partial charge is 0.277 e. The highest BCUT2D eigenvalue weighted by Gasteiger charge is 2.15. The summed E-state index contributed by atoms with van der Waals surface area (Å²) in [5.41, 5.74) is 3.84. The molecule has 0 bridgehead atoms. The molecule has 1 aromatic heterocycles. The molecule has 0 aliphatic rings. The van der Waals surface area contributed by atoms with Crippen molar-refractivity contribution in [1.29, 1.82) is 0 Å². The first-order chi connectivity index (χ1) is 13.4. The molecule has 0 aliphatic carbocycles. The first-order valence-electron chi connectivity index (χ1n) is 8.99. The standard InChI is InChI=1S/C21H22ClN3O2S/c1-13-9-15(3)20(17(22)10-13)23-18(26)12-28-21-25-24-19(27-21)11-14(2)16-7-5-4-6-8-16/h4-10,14H,11-12H2,1-3H3,(H,23,26). The Bertz CT molecular complexity index is 936. The SMILES string of the molecule is Cc1cc(C)c(NC(=O)CSc2nnc(CC(C)c3ccccc3)o2)c(Cl)c1. The van der Waals surface area contributed by atoms with Crippen LogP contribution in [0.25, 0.3) is 0 Å². The van der Waals surface area contributed by atoms with E-state index in [9.17, 15) is 4.79 Å². The molecular formula is C21H22ClN3O2S. The number of hydrogen-bond acceptors (Lipinski definition) is 5. The van der Waals surface area contributed by atoms with E-state index < -0.39 is 0 Å². The van der Waals surface area contributed by atoms with E-state index in [0.717, 1.165) is 11.1 Å². The van der Waals surface area contributed by atoms with Gasteiger partial charge < -0.3 is 9.73 Å². The highest BCUT2D eigenvalue weighted by Crippen LogP contribution is 2.28. The van der Waals surface area contributed by atoms with E-state index in [4.69, 9.17) is 16.0 Å². The third kappa shape index (κ3) is 5.36. The predicted molar refractivity (Wildman–Crippen MR) is 113 cm³/mol. The fraction of sp³-hybridized carbons (Fsp3) is 0.286. The number of benzene rings is 2. The van der Waals surface area contributed by atoms with Gasteiger partial charge in [0.2, 0.25) is 11.8 Å². The van der Waals surface area contributed by atoms with Gasteiger partial charge >= 0.3 is 0 Å². The second kappa shape index (κ2) is 9.26. The van der Waals surface area contributed by atoms with Crippen molar-refractivity contribution < 1.29 is 9.21 Å². The molecule has 5 nitrogen and oxygen atoms in total. The van der Waals surface area contributed by atoms with E-state index in [0.29, 0.717) is 28.2 Å². The molecule has 0 fully saturated rings. The molecule has 1 atom stereocenters. The lowest BCUT2D eigenvalue weighted by atomic mass is 9.98. The molecule has 3 rings (SSSR count).